The molecule has 0 radical (unpaired) electrons. The van der Waals surface area contributed by atoms with Gasteiger partial charge in [0.25, 0.3) is 0 Å². The van der Waals surface area contributed by atoms with E-state index >= 15 is 0 Å². The van der Waals surface area contributed by atoms with Gasteiger partial charge in [-0.2, -0.15) is 0 Å². The number of nitrogens with zero attached hydrogens (tertiary/aromatic N) is 1. The molecule has 1 unspecified atom stereocenters. The Morgan fingerprint density at radius 3 is 2.58 bits per heavy atom. The zero-order valence-electron chi connectivity index (χ0n) is 12.8. The van der Waals surface area contributed by atoms with Gasteiger partial charge in [-0.05, 0) is 25.2 Å². The number of urea groups is 1. The van der Waals surface area contributed by atoms with Gasteiger partial charge in [0.15, 0.2) is 0 Å². The average Bonchev–Trinajstić information content (AvgIpc) is 2.49. The fraction of sp³-hybridized carbons (Fsp3) is 0.933. The summed E-state index contributed by atoms with van der Waals surface area (Å²) in [7, 11) is 0. The normalized spacial score (nSPS) is 24.5. The van der Waals surface area contributed by atoms with Crippen LogP contribution in [0, 0.1) is 10.8 Å². The minimum absolute atomic E-state index is 0.0687. The summed E-state index contributed by atoms with van der Waals surface area (Å²) < 4.78 is 5.68. The van der Waals surface area contributed by atoms with E-state index in [-0.39, 0.29) is 22.9 Å². The molecular weight excluding hydrogens is 240 g/mol. The molecule has 4 nitrogen and oxygen atoms in total. The molecule has 1 aliphatic carbocycles. The van der Waals surface area contributed by atoms with Crippen LogP contribution in [0.4, 0.5) is 4.79 Å². The van der Waals surface area contributed by atoms with Crippen LogP contribution in [0.5, 0.6) is 0 Å². The molecule has 2 fully saturated rings. The standard InChI is InChI=1S/C15H28N2O2/c1-12(14(2,3)4)16-13(18)17-8-9-19-11-15(10-17)6-5-7-15/h12H,5-11H2,1-4H3,(H,16,18). The van der Waals surface area contributed by atoms with Gasteiger partial charge >= 0.3 is 6.03 Å². The number of rotatable bonds is 1. The van der Waals surface area contributed by atoms with Crippen LogP contribution in [0.25, 0.3) is 0 Å². The second kappa shape index (κ2) is 5.31. The number of ether oxygens (including phenoxy) is 1. The first-order valence-corrected chi connectivity index (χ1v) is 7.46. The summed E-state index contributed by atoms with van der Waals surface area (Å²) >= 11 is 0. The maximum Gasteiger partial charge on any atom is 0.317 e. The molecule has 1 saturated carbocycles. The van der Waals surface area contributed by atoms with Crippen molar-refractivity contribution in [3.8, 4) is 0 Å². The van der Waals surface area contributed by atoms with Crippen LogP contribution in [0.15, 0.2) is 0 Å². The third-order valence-electron chi connectivity index (χ3n) is 4.78. The largest absolute Gasteiger partial charge is 0.379 e. The fourth-order valence-corrected chi connectivity index (χ4v) is 2.64. The van der Waals surface area contributed by atoms with Crippen molar-refractivity contribution in [2.24, 2.45) is 10.8 Å². The molecule has 2 aliphatic rings. The Labute approximate surface area is 116 Å². The second-order valence-electron chi connectivity index (χ2n) is 7.36. The smallest absolute Gasteiger partial charge is 0.317 e. The topological polar surface area (TPSA) is 41.6 Å². The predicted molar refractivity (Wildman–Crippen MR) is 76.1 cm³/mol. The Bertz CT molecular complexity index is 332. The zero-order chi connectivity index (χ0) is 14.1. The molecule has 110 valence electrons. The minimum Gasteiger partial charge on any atom is -0.379 e. The first-order chi connectivity index (χ1) is 8.82. The highest BCUT2D eigenvalue weighted by Gasteiger charge is 2.41. The van der Waals surface area contributed by atoms with E-state index in [0.29, 0.717) is 13.2 Å². The summed E-state index contributed by atoms with van der Waals surface area (Å²) in [6.45, 7) is 11.6. The third kappa shape index (κ3) is 3.41. The predicted octanol–water partition coefficient (Wildman–Crippen LogP) is 2.63. The van der Waals surface area contributed by atoms with Crippen LogP contribution in [-0.2, 0) is 4.74 Å². The quantitative estimate of drug-likeness (QED) is 0.794. The summed E-state index contributed by atoms with van der Waals surface area (Å²) in [5.41, 5.74) is 0.338. The molecule has 1 saturated heterocycles. The van der Waals surface area contributed by atoms with Crippen molar-refractivity contribution in [3.63, 3.8) is 0 Å². The van der Waals surface area contributed by atoms with E-state index in [9.17, 15) is 4.79 Å². The first-order valence-electron chi connectivity index (χ1n) is 7.46. The molecule has 4 heteroatoms. The highest BCUT2D eigenvalue weighted by molar-refractivity contribution is 5.74. The second-order valence-corrected chi connectivity index (χ2v) is 7.36. The molecule has 2 rings (SSSR count). The van der Waals surface area contributed by atoms with Gasteiger partial charge in [-0.3, -0.25) is 0 Å². The van der Waals surface area contributed by atoms with E-state index in [1.165, 1.54) is 19.3 Å². The van der Waals surface area contributed by atoms with E-state index < -0.39 is 0 Å². The van der Waals surface area contributed by atoms with Crippen molar-refractivity contribution < 1.29 is 9.53 Å². The summed E-state index contributed by atoms with van der Waals surface area (Å²) in [6.07, 6.45) is 3.68. The molecule has 19 heavy (non-hydrogen) atoms. The Morgan fingerprint density at radius 2 is 2.05 bits per heavy atom. The van der Waals surface area contributed by atoms with Crippen LogP contribution < -0.4 is 5.32 Å². The van der Waals surface area contributed by atoms with Gasteiger partial charge in [-0.15, -0.1) is 0 Å². The van der Waals surface area contributed by atoms with Crippen molar-refractivity contribution >= 4 is 6.03 Å². The number of carbonyl (C=O) groups excluding carboxylic acids is 1. The van der Waals surface area contributed by atoms with E-state index in [0.717, 1.165) is 13.2 Å². The molecule has 1 atom stereocenters. The zero-order valence-corrected chi connectivity index (χ0v) is 12.8. The highest BCUT2D eigenvalue weighted by atomic mass is 16.5. The van der Waals surface area contributed by atoms with Gasteiger partial charge in [-0.1, -0.05) is 27.2 Å². The van der Waals surface area contributed by atoms with Gasteiger partial charge in [0.05, 0.1) is 13.2 Å². The van der Waals surface area contributed by atoms with Gasteiger partial charge in [-0.25, -0.2) is 4.79 Å². The molecule has 1 spiro atoms. The molecule has 1 aliphatic heterocycles. The van der Waals surface area contributed by atoms with Crippen LogP contribution in [0.3, 0.4) is 0 Å². The van der Waals surface area contributed by atoms with Crippen molar-refractivity contribution in [1.29, 1.82) is 0 Å². The molecule has 2 amide bonds. The first kappa shape index (κ1) is 14.6. The molecule has 0 bridgehead atoms. The van der Waals surface area contributed by atoms with Crippen molar-refractivity contribution in [3.05, 3.63) is 0 Å². The van der Waals surface area contributed by atoms with E-state index in [1.807, 2.05) is 4.90 Å². The molecule has 1 N–H and O–H groups in total. The van der Waals surface area contributed by atoms with Gasteiger partial charge in [0.2, 0.25) is 0 Å². The van der Waals surface area contributed by atoms with Crippen molar-refractivity contribution in [1.82, 2.24) is 10.2 Å². The van der Waals surface area contributed by atoms with Crippen molar-refractivity contribution in [2.75, 3.05) is 26.3 Å². The van der Waals surface area contributed by atoms with Crippen molar-refractivity contribution in [2.45, 2.75) is 53.0 Å². The molecule has 0 aromatic rings. The number of hydrogen-bond acceptors (Lipinski definition) is 2. The van der Waals surface area contributed by atoms with Crippen LogP contribution in [0.1, 0.15) is 47.0 Å². The fourth-order valence-electron chi connectivity index (χ4n) is 2.64. The molecular formula is C15H28N2O2. The van der Waals surface area contributed by atoms with E-state index in [4.69, 9.17) is 4.74 Å². The molecule has 1 heterocycles. The Balaban J connectivity index is 1.94. The minimum atomic E-state index is 0.0687. The number of nitrogens with one attached hydrogen (secondary N) is 1. The van der Waals surface area contributed by atoms with Crippen LogP contribution in [0.2, 0.25) is 0 Å². The Morgan fingerprint density at radius 1 is 1.37 bits per heavy atom. The Kier molecular flexibility index (Phi) is 4.09. The van der Waals surface area contributed by atoms with Gasteiger partial charge < -0.3 is 15.0 Å². The summed E-state index contributed by atoms with van der Waals surface area (Å²) in [4.78, 5) is 14.3. The van der Waals surface area contributed by atoms with E-state index in [2.05, 4.69) is 33.0 Å². The van der Waals surface area contributed by atoms with Crippen LogP contribution >= 0.6 is 0 Å². The SMILES string of the molecule is CC(NC(=O)N1CCOCC2(CCC2)C1)C(C)(C)C. The number of hydrogen-bond donors (Lipinski definition) is 1. The summed E-state index contributed by atoms with van der Waals surface area (Å²) in [6, 6.07) is 0.237. The lowest BCUT2D eigenvalue weighted by molar-refractivity contribution is 0.0125. The lowest BCUT2D eigenvalue weighted by Crippen LogP contribution is -2.52. The van der Waals surface area contributed by atoms with Gasteiger partial charge in [0.1, 0.15) is 0 Å². The lowest BCUT2D eigenvalue weighted by atomic mass is 9.69. The molecule has 0 aromatic heterocycles. The van der Waals surface area contributed by atoms with Gasteiger partial charge in [0, 0.05) is 24.5 Å². The van der Waals surface area contributed by atoms with Crippen LogP contribution in [-0.4, -0.2) is 43.3 Å². The monoisotopic (exact) mass is 268 g/mol. The third-order valence-corrected chi connectivity index (χ3v) is 4.78. The number of carbonyl (C=O) groups is 1. The average molecular weight is 268 g/mol. The Hall–Kier alpha value is -0.770. The lowest BCUT2D eigenvalue weighted by Gasteiger charge is -2.43. The maximum absolute atomic E-state index is 12.4. The van der Waals surface area contributed by atoms with E-state index in [1.54, 1.807) is 0 Å². The highest BCUT2D eigenvalue weighted by Crippen LogP contribution is 2.42. The summed E-state index contributed by atoms with van der Waals surface area (Å²) in [5.74, 6) is 0. The number of amides is 2. The molecule has 0 aromatic carbocycles. The maximum atomic E-state index is 12.4. The summed E-state index contributed by atoms with van der Waals surface area (Å²) in [5, 5.41) is 3.13.